The monoisotopic (exact) mass is 237 g/mol. The smallest absolute Gasteiger partial charge is 0.126 e. The molecule has 0 spiro atoms. The number of benzene rings is 1. The van der Waals surface area contributed by atoms with Crippen LogP contribution in [0.2, 0.25) is 0 Å². The van der Waals surface area contributed by atoms with Crippen LogP contribution in [0, 0.1) is 6.92 Å². The lowest BCUT2D eigenvalue weighted by molar-refractivity contribution is 0.231. The van der Waals surface area contributed by atoms with Crippen LogP contribution in [-0.4, -0.2) is 24.9 Å². The molecule has 96 valence electrons. The summed E-state index contributed by atoms with van der Waals surface area (Å²) in [7, 11) is 0. The van der Waals surface area contributed by atoms with E-state index in [1.54, 1.807) is 0 Å². The van der Waals surface area contributed by atoms with Gasteiger partial charge in [0.15, 0.2) is 0 Å². The Morgan fingerprint density at radius 1 is 1.35 bits per heavy atom. The van der Waals surface area contributed by atoms with Gasteiger partial charge in [-0.3, -0.25) is 0 Å². The molecular weight excluding hydrogens is 214 g/mol. The highest BCUT2D eigenvalue weighted by Gasteiger charge is 2.06. The van der Waals surface area contributed by atoms with E-state index < -0.39 is 0 Å². The highest BCUT2D eigenvalue weighted by Crippen LogP contribution is 2.23. The van der Waals surface area contributed by atoms with Gasteiger partial charge in [-0.25, -0.2) is 0 Å². The number of aliphatic hydroxyl groups excluding tert-OH is 1. The van der Waals surface area contributed by atoms with Crippen molar-refractivity contribution in [2.24, 2.45) is 0 Å². The Hall–Kier alpha value is -1.06. The van der Waals surface area contributed by atoms with Gasteiger partial charge in [0.25, 0.3) is 0 Å². The van der Waals surface area contributed by atoms with Crippen molar-refractivity contribution >= 4 is 0 Å². The second-order valence-corrected chi connectivity index (χ2v) is 4.17. The number of ether oxygens (including phenoxy) is 1. The first-order valence-corrected chi connectivity index (χ1v) is 6.32. The molecular formula is C14H23NO2. The Kier molecular flexibility index (Phi) is 6.67. The first kappa shape index (κ1) is 14.0. The van der Waals surface area contributed by atoms with Crippen molar-refractivity contribution in [2.45, 2.75) is 33.2 Å². The molecule has 1 aromatic carbocycles. The van der Waals surface area contributed by atoms with E-state index in [1.807, 2.05) is 0 Å². The van der Waals surface area contributed by atoms with Gasteiger partial charge in [0.2, 0.25) is 0 Å². The number of para-hydroxylation sites is 1. The van der Waals surface area contributed by atoms with E-state index >= 15 is 0 Å². The quantitative estimate of drug-likeness (QED) is 0.681. The van der Waals surface area contributed by atoms with Crippen molar-refractivity contribution in [3.8, 4) is 5.75 Å². The van der Waals surface area contributed by atoms with Gasteiger partial charge in [-0.05, 0) is 25.5 Å². The van der Waals surface area contributed by atoms with Crippen molar-refractivity contribution in [1.82, 2.24) is 5.32 Å². The molecule has 0 aliphatic carbocycles. The summed E-state index contributed by atoms with van der Waals surface area (Å²) in [5, 5.41) is 12.1. The summed E-state index contributed by atoms with van der Waals surface area (Å²) in [6.45, 7) is 6.81. The summed E-state index contributed by atoms with van der Waals surface area (Å²) in [6, 6.07) is 6.19. The molecule has 0 aliphatic heterocycles. The van der Waals surface area contributed by atoms with Crippen LogP contribution in [0.3, 0.4) is 0 Å². The highest BCUT2D eigenvalue weighted by atomic mass is 16.5. The van der Waals surface area contributed by atoms with Crippen LogP contribution in [-0.2, 0) is 6.54 Å². The van der Waals surface area contributed by atoms with Gasteiger partial charge in [0, 0.05) is 25.1 Å². The Labute approximate surface area is 104 Å². The molecule has 0 saturated heterocycles. The third-order valence-corrected chi connectivity index (χ3v) is 2.58. The van der Waals surface area contributed by atoms with E-state index in [-0.39, 0.29) is 6.61 Å². The van der Waals surface area contributed by atoms with Crippen LogP contribution in [0.25, 0.3) is 0 Å². The average molecular weight is 237 g/mol. The van der Waals surface area contributed by atoms with Crippen LogP contribution < -0.4 is 10.1 Å². The molecule has 0 atom stereocenters. The van der Waals surface area contributed by atoms with E-state index in [1.165, 1.54) is 5.56 Å². The normalized spacial score (nSPS) is 10.5. The number of rotatable bonds is 8. The Morgan fingerprint density at radius 2 is 2.18 bits per heavy atom. The third-order valence-electron chi connectivity index (χ3n) is 2.58. The first-order chi connectivity index (χ1) is 8.29. The van der Waals surface area contributed by atoms with Gasteiger partial charge < -0.3 is 15.2 Å². The topological polar surface area (TPSA) is 41.5 Å². The SMILES string of the molecule is CCCNCc1cccc(C)c1OCCCO. The van der Waals surface area contributed by atoms with Crippen molar-refractivity contribution in [3.63, 3.8) is 0 Å². The van der Waals surface area contributed by atoms with Gasteiger partial charge in [-0.2, -0.15) is 0 Å². The van der Waals surface area contributed by atoms with Crippen molar-refractivity contribution in [3.05, 3.63) is 29.3 Å². The Bertz CT molecular complexity index is 326. The lowest BCUT2D eigenvalue weighted by Gasteiger charge is -2.14. The molecule has 0 saturated carbocycles. The zero-order valence-electron chi connectivity index (χ0n) is 10.8. The Balaban J connectivity index is 2.63. The fourth-order valence-corrected chi connectivity index (χ4v) is 1.70. The van der Waals surface area contributed by atoms with Gasteiger partial charge in [-0.1, -0.05) is 25.1 Å². The summed E-state index contributed by atoms with van der Waals surface area (Å²) in [4.78, 5) is 0. The summed E-state index contributed by atoms with van der Waals surface area (Å²) in [5.41, 5.74) is 2.34. The van der Waals surface area contributed by atoms with Gasteiger partial charge in [-0.15, -0.1) is 0 Å². The zero-order chi connectivity index (χ0) is 12.5. The molecule has 2 N–H and O–H groups in total. The predicted octanol–water partition coefficient (Wildman–Crippen LogP) is 2.26. The lowest BCUT2D eigenvalue weighted by Crippen LogP contribution is -2.15. The summed E-state index contributed by atoms with van der Waals surface area (Å²) in [5.74, 6) is 0.963. The second-order valence-electron chi connectivity index (χ2n) is 4.17. The standard InChI is InChI=1S/C14H23NO2/c1-3-8-15-11-13-7-4-6-12(2)14(13)17-10-5-9-16/h4,6-7,15-16H,3,5,8-11H2,1-2H3. The lowest BCUT2D eigenvalue weighted by atomic mass is 10.1. The molecule has 0 fully saturated rings. The maximum absolute atomic E-state index is 8.76. The molecule has 0 radical (unpaired) electrons. The zero-order valence-corrected chi connectivity index (χ0v) is 10.8. The van der Waals surface area contributed by atoms with E-state index in [0.29, 0.717) is 13.0 Å². The number of hydrogen-bond acceptors (Lipinski definition) is 3. The molecule has 0 heterocycles. The van der Waals surface area contributed by atoms with Gasteiger partial charge in [0.05, 0.1) is 6.61 Å². The maximum Gasteiger partial charge on any atom is 0.126 e. The Morgan fingerprint density at radius 3 is 2.88 bits per heavy atom. The van der Waals surface area contributed by atoms with Crippen LogP contribution in [0.5, 0.6) is 5.75 Å². The first-order valence-electron chi connectivity index (χ1n) is 6.32. The number of aliphatic hydroxyl groups is 1. The summed E-state index contributed by atoms with van der Waals surface area (Å²) < 4.78 is 5.74. The fraction of sp³-hybridized carbons (Fsp3) is 0.571. The van der Waals surface area contributed by atoms with E-state index in [9.17, 15) is 0 Å². The minimum atomic E-state index is 0.176. The molecule has 0 aliphatic rings. The van der Waals surface area contributed by atoms with Crippen LogP contribution in [0.4, 0.5) is 0 Å². The molecule has 0 amide bonds. The van der Waals surface area contributed by atoms with Gasteiger partial charge >= 0.3 is 0 Å². The van der Waals surface area contributed by atoms with E-state index in [4.69, 9.17) is 9.84 Å². The maximum atomic E-state index is 8.76. The van der Waals surface area contributed by atoms with Crippen LogP contribution >= 0.6 is 0 Å². The molecule has 3 heteroatoms. The molecule has 0 aromatic heterocycles. The number of nitrogens with one attached hydrogen (secondary N) is 1. The largest absolute Gasteiger partial charge is 0.493 e. The second kappa shape index (κ2) is 8.09. The van der Waals surface area contributed by atoms with Crippen molar-refractivity contribution in [1.29, 1.82) is 0 Å². The van der Waals surface area contributed by atoms with Crippen LogP contribution in [0.1, 0.15) is 30.9 Å². The molecule has 3 nitrogen and oxygen atoms in total. The van der Waals surface area contributed by atoms with Crippen molar-refractivity contribution < 1.29 is 9.84 Å². The van der Waals surface area contributed by atoms with Crippen LogP contribution in [0.15, 0.2) is 18.2 Å². The summed E-state index contributed by atoms with van der Waals surface area (Å²) in [6.07, 6.45) is 1.81. The third kappa shape index (κ3) is 4.75. The molecule has 1 aromatic rings. The molecule has 0 unspecified atom stereocenters. The predicted molar refractivity (Wildman–Crippen MR) is 70.4 cm³/mol. The number of aryl methyl sites for hydroxylation is 1. The molecule has 17 heavy (non-hydrogen) atoms. The van der Waals surface area contributed by atoms with E-state index in [0.717, 1.165) is 30.8 Å². The van der Waals surface area contributed by atoms with Gasteiger partial charge in [0.1, 0.15) is 5.75 Å². The fourth-order valence-electron chi connectivity index (χ4n) is 1.70. The average Bonchev–Trinajstić information content (AvgIpc) is 2.33. The highest BCUT2D eigenvalue weighted by molar-refractivity contribution is 5.40. The number of hydrogen-bond donors (Lipinski definition) is 2. The van der Waals surface area contributed by atoms with Crippen molar-refractivity contribution in [2.75, 3.05) is 19.8 Å². The minimum absolute atomic E-state index is 0.176. The van der Waals surface area contributed by atoms with E-state index in [2.05, 4.69) is 37.4 Å². The summed E-state index contributed by atoms with van der Waals surface area (Å²) >= 11 is 0. The molecule has 1 rings (SSSR count). The minimum Gasteiger partial charge on any atom is -0.493 e. The molecule has 0 bridgehead atoms.